The fourth-order valence-electron chi connectivity index (χ4n) is 0.671. The van der Waals surface area contributed by atoms with Gasteiger partial charge in [0.2, 0.25) is 0 Å². The van der Waals surface area contributed by atoms with Gasteiger partial charge in [-0.25, -0.2) is 0 Å². The molecule has 11 heavy (non-hydrogen) atoms. The number of carbonyl (C=O) groups is 1. The van der Waals surface area contributed by atoms with E-state index in [0.29, 0.717) is 4.73 Å². The summed E-state index contributed by atoms with van der Waals surface area (Å²) in [6.45, 7) is 0. The van der Waals surface area contributed by atoms with Crippen molar-refractivity contribution in [2.45, 2.75) is 0 Å². The molecule has 0 spiro atoms. The molecular weight excluding hydrogens is 164 g/mol. The van der Waals surface area contributed by atoms with Crippen LogP contribution >= 0.6 is 12.2 Å². The number of carbonyl (C=O) groups excluding carboxylic acids is 1. The van der Waals surface area contributed by atoms with Crippen LogP contribution in [0.3, 0.4) is 0 Å². The summed E-state index contributed by atoms with van der Waals surface area (Å²) in [7, 11) is 0. The van der Waals surface area contributed by atoms with Gasteiger partial charge in [-0.2, -0.15) is 4.73 Å². The molecule has 0 aliphatic heterocycles. The molecule has 4 nitrogen and oxygen atoms in total. The summed E-state index contributed by atoms with van der Waals surface area (Å²) in [6, 6.07) is 2.94. The normalized spacial score (nSPS) is 9.45. The molecule has 1 aromatic heterocycles. The molecule has 0 aliphatic carbocycles. The van der Waals surface area contributed by atoms with Crippen LogP contribution in [0.2, 0.25) is 0 Å². The largest absolute Gasteiger partial charge is 0.428 e. The predicted molar refractivity (Wildman–Crippen MR) is 41.0 cm³/mol. The number of amides is 1. The van der Waals surface area contributed by atoms with Crippen molar-refractivity contribution in [1.82, 2.24) is 4.73 Å². The number of nitrogens with zero attached hydrogens (tertiary/aromatic N) is 1. The molecule has 1 heterocycles. The third-order valence-corrected chi connectivity index (χ3v) is 1.60. The highest BCUT2D eigenvalue weighted by Gasteiger charge is 2.02. The van der Waals surface area contributed by atoms with Crippen LogP contribution in [0.4, 0.5) is 0 Å². The Hall–Kier alpha value is -1.36. The Morgan fingerprint density at radius 2 is 2.36 bits per heavy atom. The van der Waals surface area contributed by atoms with Crippen LogP contribution in [-0.4, -0.2) is 15.8 Å². The minimum Gasteiger partial charge on any atom is -0.428 e. The molecule has 1 rings (SSSR count). The molecule has 3 N–H and O–H groups in total. The summed E-state index contributed by atoms with van der Waals surface area (Å²) in [5, 5.41) is 8.95. The first kappa shape index (κ1) is 7.74. The summed E-state index contributed by atoms with van der Waals surface area (Å²) >= 11 is 4.68. The van der Waals surface area contributed by atoms with Crippen molar-refractivity contribution in [3.8, 4) is 0 Å². The summed E-state index contributed by atoms with van der Waals surface area (Å²) in [6.07, 6.45) is 1.33. The number of nitrogens with two attached hydrogens (primary N) is 1. The highest BCUT2D eigenvalue weighted by atomic mass is 32.1. The van der Waals surface area contributed by atoms with Crippen molar-refractivity contribution < 1.29 is 10.0 Å². The molecule has 0 aromatic carbocycles. The second-order valence-electron chi connectivity index (χ2n) is 1.94. The summed E-state index contributed by atoms with van der Waals surface area (Å²) in [4.78, 5) is 10.6. The number of primary amides is 1. The first-order valence-corrected chi connectivity index (χ1v) is 3.24. The van der Waals surface area contributed by atoms with E-state index >= 15 is 0 Å². The quantitative estimate of drug-likeness (QED) is 0.478. The maximum absolute atomic E-state index is 10.6. The van der Waals surface area contributed by atoms with Gasteiger partial charge in [-0.05, 0) is 12.1 Å². The van der Waals surface area contributed by atoms with E-state index in [-0.39, 0.29) is 10.2 Å². The fourth-order valence-corrected chi connectivity index (χ4v) is 0.900. The number of hydrogen-bond donors (Lipinski definition) is 2. The van der Waals surface area contributed by atoms with Gasteiger partial charge in [-0.3, -0.25) is 4.79 Å². The van der Waals surface area contributed by atoms with Crippen molar-refractivity contribution in [1.29, 1.82) is 0 Å². The van der Waals surface area contributed by atoms with Gasteiger partial charge in [0.1, 0.15) is 0 Å². The lowest BCUT2D eigenvalue weighted by atomic mass is 10.3. The number of hydrogen-bond acceptors (Lipinski definition) is 3. The molecule has 58 valence electrons. The Balaban J connectivity index is 3.40. The van der Waals surface area contributed by atoms with Gasteiger partial charge in [0.15, 0.2) is 4.64 Å². The molecule has 0 radical (unpaired) electrons. The molecule has 0 fully saturated rings. The standard InChI is InChI=1S/C6H6N2O2S/c7-5(9)4-2-1-3-8(10)6(4)11/h1-3,10H,(H2,7,9). The molecule has 0 aliphatic rings. The van der Waals surface area contributed by atoms with Crippen LogP contribution < -0.4 is 5.73 Å². The Morgan fingerprint density at radius 3 is 2.82 bits per heavy atom. The lowest BCUT2D eigenvalue weighted by Gasteiger charge is -1.98. The van der Waals surface area contributed by atoms with E-state index in [1.807, 2.05) is 0 Å². The van der Waals surface area contributed by atoms with E-state index in [9.17, 15) is 4.79 Å². The van der Waals surface area contributed by atoms with Gasteiger partial charge in [-0.1, -0.05) is 12.2 Å². The van der Waals surface area contributed by atoms with Crippen LogP contribution in [0, 0.1) is 4.64 Å². The summed E-state index contributed by atoms with van der Waals surface area (Å²) < 4.78 is 0.704. The van der Waals surface area contributed by atoms with E-state index in [1.165, 1.54) is 18.3 Å². The third-order valence-electron chi connectivity index (χ3n) is 1.19. The summed E-state index contributed by atoms with van der Waals surface area (Å²) in [5.74, 6) is -0.640. The van der Waals surface area contributed by atoms with Crippen molar-refractivity contribution in [3.05, 3.63) is 28.5 Å². The number of rotatable bonds is 1. The maximum Gasteiger partial charge on any atom is 0.251 e. The highest BCUT2D eigenvalue weighted by molar-refractivity contribution is 7.71. The Labute approximate surface area is 67.8 Å². The minimum absolute atomic E-state index is 0.0278. The highest BCUT2D eigenvalue weighted by Crippen LogP contribution is 1.99. The van der Waals surface area contributed by atoms with Crippen molar-refractivity contribution in [2.24, 2.45) is 5.73 Å². The van der Waals surface area contributed by atoms with Crippen molar-refractivity contribution >= 4 is 18.1 Å². The van der Waals surface area contributed by atoms with E-state index in [2.05, 4.69) is 12.2 Å². The molecule has 0 unspecified atom stereocenters. The van der Waals surface area contributed by atoms with E-state index in [1.54, 1.807) is 0 Å². The van der Waals surface area contributed by atoms with Crippen LogP contribution in [0.5, 0.6) is 0 Å². The predicted octanol–water partition coefficient (Wildman–Crippen LogP) is 0.554. The SMILES string of the molecule is NC(=O)c1cccn(O)c1=S. The lowest BCUT2D eigenvalue weighted by molar-refractivity contribution is 0.0993. The van der Waals surface area contributed by atoms with Crippen molar-refractivity contribution in [3.63, 3.8) is 0 Å². The Kier molecular flexibility index (Phi) is 1.91. The first-order chi connectivity index (χ1) is 5.13. The molecule has 0 bridgehead atoms. The van der Waals surface area contributed by atoms with Crippen molar-refractivity contribution in [2.75, 3.05) is 0 Å². The molecule has 0 saturated carbocycles. The molecular formula is C6H6N2O2S. The Bertz CT molecular complexity index is 345. The number of pyridine rings is 1. The van der Waals surface area contributed by atoms with Gasteiger partial charge in [0.25, 0.3) is 5.91 Å². The van der Waals surface area contributed by atoms with E-state index in [0.717, 1.165) is 0 Å². The van der Waals surface area contributed by atoms with Crippen LogP contribution in [-0.2, 0) is 0 Å². The van der Waals surface area contributed by atoms with Gasteiger partial charge >= 0.3 is 0 Å². The minimum atomic E-state index is -0.640. The topological polar surface area (TPSA) is 68.2 Å². The van der Waals surface area contributed by atoms with Gasteiger partial charge < -0.3 is 10.9 Å². The fraction of sp³-hybridized carbons (Fsp3) is 0. The second-order valence-corrected chi connectivity index (χ2v) is 2.32. The monoisotopic (exact) mass is 170 g/mol. The molecule has 1 aromatic rings. The molecule has 0 saturated heterocycles. The Morgan fingerprint density at radius 1 is 1.73 bits per heavy atom. The van der Waals surface area contributed by atoms with E-state index < -0.39 is 5.91 Å². The average Bonchev–Trinajstić information content (AvgIpc) is 1.94. The van der Waals surface area contributed by atoms with Gasteiger partial charge in [-0.15, -0.1) is 0 Å². The zero-order valence-corrected chi connectivity index (χ0v) is 6.34. The van der Waals surface area contributed by atoms with Crippen LogP contribution in [0.1, 0.15) is 10.4 Å². The molecule has 5 heteroatoms. The molecule has 1 amide bonds. The zero-order valence-electron chi connectivity index (χ0n) is 5.52. The first-order valence-electron chi connectivity index (χ1n) is 2.83. The van der Waals surface area contributed by atoms with E-state index in [4.69, 9.17) is 10.9 Å². The average molecular weight is 170 g/mol. The van der Waals surface area contributed by atoms with Gasteiger partial charge in [0, 0.05) is 6.20 Å². The summed E-state index contributed by atoms with van der Waals surface area (Å²) in [5.41, 5.74) is 5.10. The molecule has 0 atom stereocenters. The zero-order chi connectivity index (χ0) is 8.43. The van der Waals surface area contributed by atoms with Gasteiger partial charge in [0.05, 0.1) is 5.56 Å². The maximum atomic E-state index is 10.6. The second kappa shape index (κ2) is 2.71. The van der Waals surface area contributed by atoms with Crippen LogP contribution in [0.15, 0.2) is 18.3 Å². The van der Waals surface area contributed by atoms with Crippen LogP contribution in [0.25, 0.3) is 0 Å². The smallest absolute Gasteiger partial charge is 0.251 e. The third kappa shape index (κ3) is 1.38. The number of aromatic nitrogens is 1. The lowest BCUT2D eigenvalue weighted by Crippen LogP contribution is -2.13.